The molecule has 180 valence electrons. The van der Waals surface area contributed by atoms with Crippen LogP contribution in [0.4, 0.5) is 10.5 Å². The third-order valence-corrected chi connectivity index (χ3v) is 10.1. The lowest BCUT2D eigenvalue weighted by molar-refractivity contribution is -0.156. The van der Waals surface area contributed by atoms with Gasteiger partial charge in [0.2, 0.25) is 0 Å². The van der Waals surface area contributed by atoms with Crippen molar-refractivity contribution in [2.75, 3.05) is 5.32 Å². The average Bonchev–Trinajstić information content (AvgIpc) is 3.09. The van der Waals surface area contributed by atoms with Crippen molar-refractivity contribution >= 4 is 39.3 Å². The first-order valence-electron chi connectivity index (χ1n) is 12.3. The fourth-order valence-electron chi connectivity index (χ4n) is 7.65. The number of carbonyl (C=O) groups is 3. The van der Waals surface area contributed by atoms with Gasteiger partial charge in [0, 0.05) is 22.0 Å². The summed E-state index contributed by atoms with van der Waals surface area (Å²) in [5.74, 6) is 1.15. The first-order chi connectivity index (χ1) is 16.1. The Kier molecular flexibility index (Phi) is 5.66. The summed E-state index contributed by atoms with van der Waals surface area (Å²) < 4.78 is 7.02. The SMILES string of the molecule is CC(=O)[C@@]1(OC(=O)Nc2ccc(Br)cc2)CC[C@H]2[C@@H]3C=CC4=CC(=O)CC[C@]4(C)[C@H]3CC[C@@]21C. The van der Waals surface area contributed by atoms with Crippen LogP contribution in [-0.4, -0.2) is 23.3 Å². The van der Waals surface area contributed by atoms with Gasteiger partial charge >= 0.3 is 6.09 Å². The van der Waals surface area contributed by atoms with E-state index in [9.17, 15) is 14.4 Å². The van der Waals surface area contributed by atoms with E-state index in [1.165, 1.54) is 0 Å². The second-order valence-electron chi connectivity index (χ2n) is 11.0. The Labute approximate surface area is 209 Å². The molecular formula is C28H32BrNO4. The lowest BCUT2D eigenvalue weighted by atomic mass is 9.48. The van der Waals surface area contributed by atoms with Gasteiger partial charge in [-0.3, -0.25) is 14.9 Å². The van der Waals surface area contributed by atoms with Crippen molar-refractivity contribution in [3.05, 3.63) is 52.5 Å². The van der Waals surface area contributed by atoms with Gasteiger partial charge < -0.3 is 4.74 Å². The van der Waals surface area contributed by atoms with Gasteiger partial charge in [0.15, 0.2) is 17.2 Å². The number of hydrogen-bond acceptors (Lipinski definition) is 4. The molecule has 0 unspecified atom stereocenters. The summed E-state index contributed by atoms with van der Waals surface area (Å²) in [6.07, 6.45) is 10.4. The Morgan fingerprint density at radius 2 is 1.76 bits per heavy atom. The van der Waals surface area contributed by atoms with E-state index < -0.39 is 17.1 Å². The molecule has 0 aromatic heterocycles. The standard InChI is InChI=1S/C28H32BrNO4/c1-17(31)28(34-25(33)30-20-7-5-19(29)6-8-20)15-12-24-22-9-4-18-16-21(32)10-13-26(18,2)23(22)11-14-27(24,28)3/h4-9,16,22-24H,10-15H2,1-3H3,(H,30,33)/t22-,23+,24+,26+,27+,28+/m1/s1. The number of anilines is 1. The van der Waals surface area contributed by atoms with E-state index >= 15 is 0 Å². The summed E-state index contributed by atoms with van der Waals surface area (Å²) in [7, 11) is 0. The molecule has 5 nitrogen and oxygen atoms in total. The van der Waals surface area contributed by atoms with Crippen LogP contribution in [-0.2, 0) is 14.3 Å². The van der Waals surface area contributed by atoms with E-state index in [2.05, 4.69) is 47.2 Å². The number of Topliss-reactive ketones (excluding diaryl/α,β-unsaturated/α-hetero) is 1. The topological polar surface area (TPSA) is 72.5 Å². The minimum atomic E-state index is -1.13. The lowest BCUT2D eigenvalue weighted by Gasteiger charge is -2.57. The van der Waals surface area contributed by atoms with Crippen molar-refractivity contribution in [1.82, 2.24) is 0 Å². The smallest absolute Gasteiger partial charge is 0.412 e. The number of nitrogens with one attached hydrogen (secondary N) is 1. The highest BCUT2D eigenvalue weighted by molar-refractivity contribution is 9.10. The third-order valence-electron chi connectivity index (χ3n) is 9.56. The van der Waals surface area contributed by atoms with Crippen LogP contribution in [0.15, 0.2) is 52.5 Å². The number of ether oxygens (including phenoxy) is 1. The van der Waals surface area contributed by atoms with E-state index in [0.717, 1.165) is 35.7 Å². The Morgan fingerprint density at radius 1 is 1.06 bits per heavy atom. The predicted octanol–water partition coefficient (Wildman–Crippen LogP) is 6.63. The molecule has 0 radical (unpaired) electrons. The minimum Gasteiger partial charge on any atom is -0.434 e. The first kappa shape index (κ1) is 23.5. The molecule has 2 fully saturated rings. The number of allylic oxidation sites excluding steroid dienone is 4. The Balaban J connectivity index is 1.43. The molecule has 1 N–H and O–H groups in total. The summed E-state index contributed by atoms with van der Waals surface area (Å²) in [6.45, 7) is 6.03. The number of rotatable bonds is 3. The highest BCUT2D eigenvalue weighted by Crippen LogP contribution is 2.67. The molecule has 0 aliphatic heterocycles. The molecule has 1 aromatic rings. The summed E-state index contributed by atoms with van der Waals surface area (Å²) >= 11 is 3.40. The zero-order valence-electron chi connectivity index (χ0n) is 20.0. The van der Waals surface area contributed by atoms with Crippen molar-refractivity contribution in [3.63, 3.8) is 0 Å². The Bertz CT molecular complexity index is 1110. The van der Waals surface area contributed by atoms with Crippen LogP contribution in [0.2, 0.25) is 0 Å². The van der Waals surface area contributed by atoms with E-state index in [-0.39, 0.29) is 22.9 Å². The normalized spacial score (nSPS) is 38.3. The van der Waals surface area contributed by atoms with Crippen LogP contribution >= 0.6 is 15.9 Å². The molecule has 2 saturated carbocycles. The van der Waals surface area contributed by atoms with Crippen LogP contribution in [0, 0.1) is 28.6 Å². The number of halogens is 1. The Morgan fingerprint density at radius 3 is 2.47 bits per heavy atom. The third kappa shape index (κ3) is 3.43. The van der Waals surface area contributed by atoms with Crippen LogP contribution in [0.5, 0.6) is 0 Å². The van der Waals surface area contributed by atoms with E-state index in [4.69, 9.17) is 4.74 Å². The predicted molar refractivity (Wildman–Crippen MR) is 134 cm³/mol. The fourth-order valence-corrected chi connectivity index (χ4v) is 7.91. The molecule has 34 heavy (non-hydrogen) atoms. The summed E-state index contributed by atoms with van der Waals surface area (Å²) in [4.78, 5) is 38.2. The molecule has 4 aliphatic carbocycles. The van der Waals surface area contributed by atoms with Gasteiger partial charge in [-0.2, -0.15) is 0 Å². The first-order valence-corrected chi connectivity index (χ1v) is 13.1. The lowest BCUT2D eigenvalue weighted by Crippen LogP contribution is -2.58. The van der Waals surface area contributed by atoms with Crippen LogP contribution in [0.25, 0.3) is 0 Å². The molecule has 1 aromatic carbocycles. The number of benzene rings is 1. The van der Waals surface area contributed by atoms with Gasteiger partial charge in [0.05, 0.1) is 0 Å². The second kappa shape index (κ2) is 8.18. The molecule has 6 atom stereocenters. The van der Waals surface area contributed by atoms with Gasteiger partial charge in [-0.1, -0.05) is 41.9 Å². The van der Waals surface area contributed by atoms with Crippen molar-refractivity contribution in [3.8, 4) is 0 Å². The minimum absolute atomic E-state index is 0.00402. The summed E-state index contributed by atoms with van der Waals surface area (Å²) in [5.41, 5.74) is 0.230. The number of hydrogen-bond donors (Lipinski definition) is 1. The maximum atomic E-state index is 13.2. The maximum absolute atomic E-state index is 13.2. The fraction of sp³-hybridized carbons (Fsp3) is 0.536. The molecule has 6 heteroatoms. The van der Waals surface area contributed by atoms with Crippen LogP contribution in [0.3, 0.4) is 0 Å². The van der Waals surface area contributed by atoms with Gasteiger partial charge in [-0.15, -0.1) is 0 Å². The van der Waals surface area contributed by atoms with Crippen molar-refractivity contribution in [1.29, 1.82) is 0 Å². The summed E-state index contributed by atoms with van der Waals surface area (Å²) in [6, 6.07) is 7.29. The van der Waals surface area contributed by atoms with Crippen molar-refractivity contribution in [2.45, 2.75) is 64.9 Å². The monoisotopic (exact) mass is 525 g/mol. The molecule has 0 bridgehead atoms. The Hall–Kier alpha value is -2.21. The van der Waals surface area contributed by atoms with Gasteiger partial charge in [-0.25, -0.2) is 4.79 Å². The molecule has 1 amide bonds. The highest BCUT2D eigenvalue weighted by atomic mass is 79.9. The van der Waals surface area contributed by atoms with Crippen molar-refractivity contribution < 1.29 is 19.1 Å². The zero-order valence-corrected chi connectivity index (χ0v) is 21.6. The molecule has 0 saturated heterocycles. The second-order valence-corrected chi connectivity index (χ2v) is 11.9. The van der Waals surface area contributed by atoms with E-state index in [1.807, 2.05) is 18.2 Å². The number of ketones is 2. The number of fused-ring (bicyclic) bond motifs is 5. The van der Waals surface area contributed by atoms with Gasteiger partial charge in [0.25, 0.3) is 0 Å². The van der Waals surface area contributed by atoms with Crippen LogP contribution < -0.4 is 5.32 Å². The van der Waals surface area contributed by atoms with Crippen molar-refractivity contribution in [2.24, 2.45) is 28.6 Å². The highest BCUT2D eigenvalue weighted by Gasteiger charge is 2.67. The molecule has 0 heterocycles. The maximum Gasteiger partial charge on any atom is 0.412 e. The number of amides is 1. The largest absolute Gasteiger partial charge is 0.434 e. The molecule has 4 aliphatic rings. The quantitative estimate of drug-likeness (QED) is 0.480. The molecule has 0 spiro atoms. The molecule has 5 rings (SSSR count). The van der Waals surface area contributed by atoms with Gasteiger partial charge in [0.1, 0.15) is 0 Å². The van der Waals surface area contributed by atoms with Gasteiger partial charge in [-0.05, 0) is 98.1 Å². The average molecular weight is 526 g/mol. The number of carbonyl (C=O) groups excluding carboxylic acids is 3. The van der Waals surface area contributed by atoms with Crippen LogP contribution in [0.1, 0.15) is 59.3 Å². The van der Waals surface area contributed by atoms with E-state index in [0.29, 0.717) is 30.4 Å². The molecular weight excluding hydrogens is 494 g/mol. The van der Waals surface area contributed by atoms with E-state index in [1.54, 1.807) is 19.1 Å². The summed E-state index contributed by atoms with van der Waals surface area (Å²) in [5, 5.41) is 2.80. The zero-order chi connectivity index (χ0) is 24.3.